The molecule has 0 radical (unpaired) electrons. The zero-order chi connectivity index (χ0) is 15.3. The number of ketones is 1. The van der Waals surface area contributed by atoms with Crippen LogP contribution in [0.4, 0.5) is 4.79 Å². The summed E-state index contributed by atoms with van der Waals surface area (Å²) in [5.74, 6) is -0.211. The van der Waals surface area contributed by atoms with E-state index in [0.29, 0.717) is 0 Å². The number of carbonyl (C=O) groups excluding carboxylic acids is 2. The molecule has 0 saturated heterocycles. The molecule has 0 saturated carbocycles. The lowest BCUT2D eigenvalue weighted by Crippen LogP contribution is -2.39. The minimum Gasteiger partial charge on any atom is -0.444 e. The van der Waals surface area contributed by atoms with E-state index in [-0.39, 0.29) is 11.7 Å². The van der Waals surface area contributed by atoms with Crippen molar-refractivity contribution in [3.05, 3.63) is 35.9 Å². The van der Waals surface area contributed by atoms with Gasteiger partial charge in [0.15, 0.2) is 5.78 Å². The third kappa shape index (κ3) is 5.03. The molecular weight excluding hydrogens is 254 g/mol. The minimum absolute atomic E-state index is 0.0398. The lowest BCUT2D eigenvalue weighted by molar-refractivity contribution is -0.124. The summed E-state index contributed by atoms with van der Waals surface area (Å²) < 4.78 is 5.22. The van der Waals surface area contributed by atoms with Crippen LogP contribution in [0.25, 0.3) is 0 Å². The van der Waals surface area contributed by atoms with Crippen molar-refractivity contribution in [2.24, 2.45) is 5.92 Å². The second-order valence-electron chi connectivity index (χ2n) is 6.05. The zero-order valence-corrected chi connectivity index (χ0v) is 12.8. The molecule has 4 heteroatoms. The van der Waals surface area contributed by atoms with Gasteiger partial charge in [-0.3, -0.25) is 4.79 Å². The first-order valence-electron chi connectivity index (χ1n) is 6.79. The van der Waals surface area contributed by atoms with Gasteiger partial charge in [0.05, 0.1) is 0 Å². The predicted molar refractivity (Wildman–Crippen MR) is 78.4 cm³/mol. The van der Waals surface area contributed by atoms with E-state index in [0.717, 1.165) is 5.56 Å². The molecule has 0 aromatic heterocycles. The standard InChI is InChI=1S/C16H23NO3/c1-11(2)14(18)13(12-9-7-6-8-10-12)17-15(19)20-16(3,4)5/h6-11,13H,1-5H3,(H,17,19). The fourth-order valence-electron chi connectivity index (χ4n) is 1.72. The van der Waals surface area contributed by atoms with Crippen molar-refractivity contribution in [2.45, 2.75) is 46.3 Å². The van der Waals surface area contributed by atoms with Gasteiger partial charge in [-0.2, -0.15) is 0 Å². The molecule has 1 amide bonds. The maximum absolute atomic E-state index is 12.3. The van der Waals surface area contributed by atoms with E-state index >= 15 is 0 Å². The fraction of sp³-hybridized carbons (Fsp3) is 0.500. The van der Waals surface area contributed by atoms with Gasteiger partial charge < -0.3 is 10.1 Å². The van der Waals surface area contributed by atoms with Gasteiger partial charge in [-0.15, -0.1) is 0 Å². The highest BCUT2D eigenvalue weighted by atomic mass is 16.6. The largest absolute Gasteiger partial charge is 0.444 e. The van der Waals surface area contributed by atoms with Gasteiger partial charge in [0.1, 0.15) is 11.6 Å². The second-order valence-corrected chi connectivity index (χ2v) is 6.05. The Morgan fingerprint density at radius 3 is 2.10 bits per heavy atom. The quantitative estimate of drug-likeness (QED) is 0.916. The van der Waals surface area contributed by atoms with Gasteiger partial charge in [-0.1, -0.05) is 44.2 Å². The van der Waals surface area contributed by atoms with Gasteiger partial charge in [-0.05, 0) is 26.3 Å². The van der Waals surface area contributed by atoms with Crippen molar-refractivity contribution in [3.8, 4) is 0 Å². The van der Waals surface area contributed by atoms with Gasteiger partial charge in [0.25, 0.3) is 0 Å². The minimum atomic E-state index is -0.675. The highest BCUT2D eigenvalue weighted by Crippen LogP contribution is 2.19. The molecule has 1 aromatic rings. The number of Topliss-reactive ketones (excluding diaryl/α,β-unsaturated/α-hetero) is 1. The molecule has 110 valence electrons. The molecule has 0 bridgehead atoms. The van der Waals surface area contributed by atoms with Crippen LogP contribution in [0.1, 0.15) is 46.2 Å². The lowest BCUT2D eigenvalue weighted by atomic mass is 9.95. The topological polar surface area (TPSA) is 55.4 Å². The first-order chi connectivity index (χ1) is 9.20. The van der Waals surface area contributed by atoms with E-state index in [1.807, 2.05) is 44.2 Å². The number of amides is 1. The van der Waals surface area contributed by atoms with Gasteiger partial charge in [-0.25, -0.2) is 4.79 Å². The molecule has 1 N–H and O–H groups in total. The first-order valence-corrected chi connectivity index (χ1v) is 6.79. The summed E-state index contributed by atoms with van der Waals surface area (Å²) in [7, 11) is 0. The fourth-order valence-corrected chi connectivity index (χ4v) is 1.72. The van der Waals surface area contributed by atoms with Crippen molar-refractivity contribution < 1.29 is 14.3 Å². The van der Waals surface area contributed by atoms with E-state index in [1.54, 1.807) is 20.8 Å². The summed E-state index contributed by atoms with van der Waals surface area (Å²) in [4.78, 5) is 24.2. The number of nitrogens with one attached hydrogen (secondary N) is 1. The third-order valence-electron chi connectivity index (χ3n) is 2.65. The van der Waals surface area contributed by atoms with E-state index in [1.165, 1.54) is 0 Å². The van der Waals surface area contributed by atoms with Crippen LogP contribution >= 0.6 is 0 Å². The van der Waals surface area contributed by atoms with Crippen LogP contribution in [0.5, 0.6) is 0 Å². The SMILES string of the molecule is CC(C)C(=O)C(NC(=O)OC(C)(C)C)c1ccccc1. The number of alkyl carbamates (subject to hydrolysis) is 1. The van der Waals surface area contributed by atoms with E-state index in [9.17, 15) is 9.59 Å². The molecular formula is C16H23NO3. The summed E-state index contributed by atoms with van der Waals surface area (Å²) in [5, 5.41) is 2.66. The normalized spacial score (nSPS) is 12.9. The molecule has 1 atom stereocenters. The van der Waals surface area contributed by atoms with Gasteiger partial charge in [0, 0.05) is 5.92 Å². The maximum atomic E-state index is 12.3. The van der Waals surface area contributed by atoms with E-state index in [2.05, 4.69) is 5.32 Å². The Kier molecular flexibility index (Phi) is 5.31. The zero-order valence-electron chi connectivity index (χ0n) is 12.8. The number of hydrogen-bond donors (Lipinski definition) is 1. The smallest absolute Gasteiger partial charge is 0.408 e. The maximum Gasteiger partial charge on any atom is 0.408 e. The Balaban J connectivity index is 2.90. The van der Waals surface area contributed by atoms with E-state index in [4.69, 9.17) is 4.74 Å². The number of benzene rings is 1. The molecule has 20 heavy (non-hydrogen) atoms. The average molecular weight is 277 g/mol. The van der Waals surface area contributed by atoms with Gasteiger partial charge in [0.2, 0.25) is 0 Å². The van der Waals surface area contributed by atoms with Crippen molar-refractivity contribution in [1.82, 2.24) is 5.32 Å². The predicted octanol–water partition coefficient (Wildman–Crippen LogP) is 3.48. The monoisotopic (exact) mass is 277 g/mol. The summed E-state index contributed by atoms with van der Waals surface area (Å²) in [6.45, 7) is 8.99. The van der Waals surface area contributed by atoms with Crippen molar-refractivity contribution >= 4 is 11.9 Å². The van der Waals surface area contributed by atoms with Crippen molar-refractivity contribution in [3.63, 3.8) is 0 Å². The Labute approximate surface area is 120 Å². The summed E-state index contributed by atoms with van der Waals surface area (Å²) in [5.41, 5.74) is 0.170. The molecule has 1 rings (SSSR count). The lowest BCUT2D eigenvalue weighted by Gasteiger charge is -2.24. The Morgan fingerprint density at radius 2 is 1.65 bits per heavy atom. The summed E-state index contributed by atoms with van der Waals surface area (Å²) >= 11 is 0. The molecule has 0 fully saturated rings. The Bertz CT molecular complexity index is 460. The van der Waals surface area contributed by atoms with Crippen molar-refractivity contribution in [1.29, 1.82) is 0 Å². The molecule has 1 aromatic carbocycles. The van der Waals surface area contributed by atoms with Crippen LogP contribution < -0.4 is 5.32 Å². The molecule has 0 spiro atoms. The Morgan fingerprint density at radius 1 is 1.10 bits per heavy atom. The second kappa shape index (κ2) is 6.55. The van der Waals surface area contributed by atoms with Crippen LogP contribution in [-0.2, 0) is 9.53 Å². The highest BCUT2D eigenvalue weighted by Gasteiger charge is 2.27. The molecule has 0 aliphatic carbocycles. The molecule has 0 aliphatic heterocycles. The third-order valence-corrected chi connectivity index (χ3v) is 2.65. The summed E-state index contributed by atoms with van der Waals surface area (Å²) in [6.07, 6.45) is -0.583. The summed E-state index contributed by atoms with van der Waals surface area (Å²) in [6, 6.07) is 8.52. The molecule has 4 nitrogen and oxygen atoms in total. The number of ether oxygens (including phenoxy) is 1. The molecule has 1 unspecified atom stereocenters. The molecule has 0 aliphatic rings. The van der Waals surface area contributed by atoms with Gasteiger partial charge >= 0.3 is 6.09 Å². The number of rotatable bonds is 4. The van der Waals surface area contributed by atoms with Crippen LogP contribution in [-0.4, -0.2) is 17.5 Å². The number of carbonyl (C=O) groups is 2. The Hall–Kier alpha value is -1.84. The number of hydrogen-bond acceptors (Lipinski definition) is 3. The van der Waals surface area contributed by atoms with Crippen molar-refractivity contribution in [2.75, 3.05) is 0 Å². The van der Waals surface area contributed by atoms with Crippen LogP contribution in [0.2, 0.25) is 0 Å². The van der Waals surface area contributed by atoms with E-state index < -0.39 is 17.7 Å². The average Bonchev–Trinajstić information content (AvgIpc) is 2.34. The first kappa shape index (κ1) is 16.2. The van der Waals surface area contributed by atoms with Crippen LogP contribution in [0.3, 0.4) is 0 Å². The van der Waals surface area contributed by atoms with Crippen LogP contribution in [0, 0.1) is 5.92 Å². The van der Waals surface area contributed by atoms with Crippen LogP contribution in [0.15, 0.2) is 30.3 Å². The molecule has 0 heterocycles. The highest BCUT2D eigenvalue weighted by molar-refractivity contribution is 5.89.